The first-order chi connectivity index (χ1) is 8.92. The molecule has 0 bridgehead atoms. The fourth-order valence-electron chi connectivity index (χ4n) is 2.03. The molecule has 0 unspecified atom stereocenters. The summed E-state index contributed by atoms with van der Waals surface area (Å²) in [6.45, 7) is 5.90. The van der Waals surface area contributed by atoms with E-state index in [1.807, 2.05) is 32.9 Å². The van der Waals surface area contributed by atoms with Crippen LogP contribution in [0.3, 0.4) is 0 Å². The van der Waals surface area contributed by atoms with Gasteiger partial charge in [0.25, 0.3) is 0 Å². The third-order valence-corrected chi connectivity index (χ3v) is 4.94. The van der Waals surface area contributed by atoms with Crippen molar-refractivity contribution in [2.45, 2.75) is 31.6 Å². The van der Waals surface area contributed by atoms with E-state index in [0.717, 1.165) is 22.3 Å². The lowest BCUT2D eigenvalue weighted by Gasteiger charge is -2.12. The summed E-state index contributed by atoms with van der Waals surface area (Å²) in [4.78, 5) is 3.94. The van der Waals surface area contributed by atoms with Gasteiger partial charge in [0.2, 0.25) is 0 Å². The lowest BCUT2D eigenvalue weighted by Crippen LogP contribution is -2.09. The Bertz CT molecular complexity index is 692. The summed E-state index contributed by atoms with van der Waals surface area (Å²) in [7, 11) is -3.39. The Kier molecular flexibility index (Phi) is 3.71. The fourth-order valence-corrected chi connectivity index (χ4v) is 3.51. The quantitative estimate of drug-likeness (QED) is 0.865. The number of pyridine rings is 1. The highest BCUT2D eigenvalue weighted by Crippen LogP contribution is 2.22. The van der Waals surface area contributed by atoms with Crippen molar-refractivity contribution in [3.63, 3.8) is 0 Å². The molecule has 0 amide bonds. The van der Waals surface area contributed by atoms with Gasteiger partial charge in [-0.1, -0.05) is 18.2 Å². The second-order valence-corrected chi connectivity index (χ2v) is 6.67. The van der Waals surface area contributed by atoms with E-state index in [-0.39, 0.29) is 10.8 Å². The Hall–Kier alpha value is -1.68. The Morgan fingerprint density at radius 2 is 1.68 bits per heavy atom. The molecule has 0 aliphatic heterocycles. The van der Waals surface area contributed by atoms with E-state index in [0.29, 0.717) is 0 Å². The van der Waals surface area contributed by atoms with Crippen molar-refractivity contribution >= 4 is 9.84 Å². The summed E-state index contributed by atoms with van der Waals surface area (Å²) in [5.41, 5.74) is 4.03. The first-order valence-electron chi connectivity index (χ1n) is 6.11. The summed E-state index contributed by atoms with van der Waals surface area (Å²) in [5.74, 6) is 0.00333. The highest BCUT2D eigenvalue weighted by Gasteiger charge is 2.19. The van der Waals surface area contributed by atoms with Gasteiger partial charge in [-0.05, 0) is 55.2 Å². The number of aryl methyl sites for hydroxylation is 2. The maximum absolute atomic E-state index is 12.4. The molecule has 4 heteroatoms. The van der Waals surface area contributed by atoms with Gasteiger partial charge < -0.3 is 0 Å². The summed E-state index contributed by atoms with van der Waals surface area (Å²) < 4.78 is 24.7. The zero-order valence-corrected chi connectivity index (χ0v) is 12.2. The molecule has 0 saturated carbocycles. The number of rotatable bonds is 3. The highest BCUT2D eigenvalue weighted by atomic mass is 32.2. The zero-order chi connectivity index (χ0) is 14.0. The van der Waals surface area contributed by atoms with Crippen LogP contribution in [0.25, 0.3) is 0 Å². The predicted molar refractivity (Wildman–Crippen MR) is 75.8 cm³/mol. The number of nitrogens with zero attached hydrogens (tertiary/aromatic N) is 1. The number of hydrogen-bond donors (Lipinski definition) is 0. The smallest absolute Gasteiger partial charge is 0.199 e. The Morgan fingerprint density at radius 3 is 2.32 bits per heavy atom. The van der Waals surface area contributed by atoms with Gasteiger partial charge in [-0.15, -0.1) is 0 Å². The van der Waals surface area contributed by atoms with E-state index in [1.54, 1.807) is 12.1 Å². The van der Waals surface area contributed by atoms with Crippen molar-refractivity contribution in [3.05, 3.63) is 58.8 Å². The van der Waals surface area contributed by atoms with Crippen LogP contribution in [0.2, 0.25) is 0 Å². The van der Waals surface area contributed by atoms with E-state index in [9.17, 15) is 8.42 Å². The van der Waals surface area contributed by atoms with Crippen LogP contribution in [-0.2, 0) is 15.6 Å². The van der Waals surface area contributed by atoms with Crippen molar-refractivity contribution in [1.82, 2.24) is 4.98 Å². The third kappa shape index (κ3) is 2.84. The SMILES string of the molecule is Cc1ccc(C)c(CS(=O)(=O)c2ccccn2)c1C. The zero-order valence-electron chi connectivity index (χ0n) is 11.3. The first-order valence-corrected chi connectivity index (χ1v) is 7.76. The predicted octanol–water partition coefficient (Wildman–Crippen LogP) is 2.98. The second-order valence-electron chi connectivity index (χ2n) is 4.73. The van der Waals surface area contributed by atoms with Gasteiger partial charge >= 0.3 is 0 Å². The molecule has 0 atom stereocenters. The van der Waals surface area contributed by atoms with Gasteiger partial charge in [-0.3, -0.25) is 0 Å². The molecule has 0 N–H and O–H groups in total. The minimum Gasteiger partial charge on any atom is -0.245 e. The normalized spacial score (nSPS) is 11.5. The lowest BCUT2D eigenvalue weighted by atomic mass is 10.00. The third-order valence-electron chi connectivity index (χ3n) is 3.39. The van der Waals surface area contributed by atoms with Crippen LogP contribution in [0.5, 0.6) is 0 Å². The van der Waals surface area contributed by atoms with E-state index in [2.05, 4.69) is 4.98 Å². The van der Waals surface area contributed by atoms with Crippen molar-refractivity contribution in [1.29, 1.82) is 0 Å². The van der Waals surface area contributed by atoms with Crippen molar-refractivity contribution in [3.8, 4) is 0 Å². The molecule has 1 aromatic heterocycles. The lowest BCUT2D eigenvalue weighted by molar-refractivity contribution is 0.591. The molecule has 19 heavy (non-hydrogen) atoms. The van der Waals surface area contributed by atoms with E-state index >= 15 is 0 Å². The van der Waals surface area contributed by atoms with Crippen LogP contribution in [-0.4, -0.2) is 13.4 Å². The van der Waals surface area contributed by atoms with Crippen LogP contribution in [0.15, 0.2) is 41.6 Å². The molecule has 2 rings (SSSR count). The minimum atomic E-state index is -3.39. The number of sulfone groups is 1. The van der Waals surface area contributed by atoms with Crippen molar-refractivity contribution in [2.75, 3.05) is 0 Å². The van der Waals surface area contributed by atoms with Gasteiger partial charge in [0, 0.05) is 6.20 Å². The molecule has 1 aromatic carbocycles. The Morgan fingerprint density at radius 1 is 1.00 bits per heavy atom. The van der Waals surface area contributed by atoms with Gasteiger partial charge in [0.05, 0.1) is 5.75 Å². The molecule has 0 aliphatic carbocycles. The maximum Gasteiger partial charge on any atom is 0.199 e. The maximum atomic E-state index is 12.4. The van der Waals surface area contributed by atoms with Crippen molar-refractivity contribution in [2.24, 2.45) is 0 Å². The van der Waals surface area contributed by atoms with E-state index < -0.39 is 9.84 Å². The molecule has 0 fully saturated rings. The van der Waals surface area contributed by atoms with Crippen molar-refractivity contribution < 1.29 is 8.42 Å². The highest BCUT2D eigenvalue weighted by molar-refractivity contribution is 7.90. The van der Waals surface area contributed by atoms with Gasteiger partial charge in [0.1, 0.15) is 0 Å². The topological polar surface area (TPSA) is 47.0 Å². The first kappa shape index (κ1) is 13.7. The van der Waals surface area contributed by atoms with Crippen LogP contribution < -0.4 is 0 Å². The molecule has 0 saturated heterocycles. The second kappa shape index (κ2) is 5.13. The van der Waals surface area contributed by atoms with Crippen LogP contribution in [0.4, 0.5) is 0 Å². The molecule has 1 heterocycles. The number of benzene rings is 1. The molecule has 3 nitrogen and oxygen atoms in total. The van der Waals surface area contributed by atoms with Crippen LogP contribution in [0.1, 0.15) is 22.3 Å². The van der Waals surface area contributed by atoms with E-state index in [4.69, 9.17) is 0 Å². The summed E-state index contributed by atoms with van der Waals surface area (Å²) >= 11 is 0. The largest absolute Gasteiger partial charge is 0.245 e. The summed E-state index contributed by atoms with van der Waals surface area (Å²) in [5, 5.41) is 0.135. The Balaban J connectivity index is 2.45. The van der Waals surface area contributed by atoms with Gasteiger partial charge in [0.15, 0.2) is 14.9 Å². The monoisotopic (exact) mass is 275 g/mol. The fraction of sp³-hybridized carbons (Fsp3) is 0.267. The summed E-state index contributed by atoms with van der Waals surface area (Å²) in [6.07, 6.45) is 1.50. The van der Waals surface area contributed by atoms with E-state index in [1.165, 1.54) is 12.3 Å². The minimum absolute atomic E-state index is 0.00333. The molecule has 2 aromatic rings. The standard InChI is InChI=1S/C15H17NO2S/c1-11-7-8-12(2)14(13(11)3)10-19(17,18)15-6-4-5-9-16-15/h4-9H,10H2,1-3H3. The molecule has 100 valence electrons. The molecule has 0 spiro atoms. The number of aromatic nitrogens is 1. The van der Waals surface area contributed by atoms with Gasteiger partial charge in [-0.25, -0.2) is 13.4 Å². The molecular weight excluding hydrogens is 258 g/mol. The number of hydrogen-bond acceptors (Lipinski definition) is 3. The summed E-state index contributed by atoms with van der Waals surface area (Å²) in [6, 6.07) is 8.92. The molecular formula is C15H17NO2S. The van der Waals surface area contributed by atoms with Crippen LogP contribution in [0, 0.1) is 20.8 Å². The van der Waals surface area contributed by atoms with Gasteiger partial charge in [-0.2, -0.15) is 0 Å². The average Bonchev–Trinajstić information content (AvgIpc) is 2.40. The van der Waals surface area contributed by atoms with Crippen LogP contribution >= 0.6 is 0 Å². The Labute approximate surface area is 114 Å². The molecule has 0 radical (unpaired) electrons. The molecule has 0 aliphatic rings. The average molecular weight is 275 g/mol.